The van der Waals surface area contributed by atoms with Crippen molar-refractivity contribution in [1.29, 1.82) is 0 Å². The van der Waals surface area contributed by atoms with Gasteiger partial charge in [-0.05, 0) is 26.0 Å². The highest BCUT2D eigenvalue weighted by Crippen LogP contribution is 2.24. The van der Waals surface area contributed by atoms with Gasteiger partial charge in [-0.25, -0.2) is 4.39 Å². The number of halogens is 1. The second kappa shape index (κ2) is 6.09. The maximum atomic E-state index is 13.3. The molecule has 0 aliphatic heterocycles. The molecule has 0 bridgehead atoms. The molecular formula is C12H13FN2O5. The smallest absolute Gasteiger partial charge is 0.305 e. The molecule has 0 radical (unpaired) electrons. The molecule has 0 saturated heterocycles. The molecule has 7 nitrogen and oxygen atoms in total. The first kappa shape index (κ1) is 15.5. The van der Waals surface area contributed by atoms with Gasteiger partial charge in [0.15, 0.2) is 0 Å². The number of nitro benzene ring substituents is 1. The zero-order chi connectivity index (χ0) is 15.4. The number of carboxylic acids is 1. The lowest BCUT2D eigenvalue weighted by molar-refractivity contribution is -0.385. The van der Waals surface area contributed by atoms with Crippen LogP contribution in [0.3, 0.4) is 0 Å². The van der Waals surface area contributed by atoms with Crippen molar-refractivity contribution in [2.45, 2.75) is 26.3 Å². The summed E-state index contributed by atoms with van der Waals surface area (Å²) in [5.41, 5.74) is -0.901. The van der Waals surface area contributed by atoms with E-state index in [9.17, 15) is 24.1 Å². The van der Waals surface area contributed by atoms with Gasteiger partial charge in [0.05, 0.1) is 11.3 Å². The third-order valence-electron chi connectivity index (χ3n) is 2.55. The van der Waals surface area contributed by atoms with Gasteiger partial charge in [0, 0.05) is 11.6 Å². The molecule has 0 saturated carbocycles. The lowest BCUT2D eigenvalue weighted by Crippen LogP contribution is -2.34. The summed E-state index contributed by atoms with van der Waals surface area (Å²) in [5, 5.41) is 21.8. The predicted molar refractivity (Wildman–Crippen MR) is 67.0 cm³/mol. The van der Waals surface area contributed by atoms with E-state index in [2.05, 4.69) is 5.32 Å². The van der Waals surface area contributed by atoms with Gasteiger partial charge in [-0.3, -0.25) is 19.7 Å². The SMILES string of the molecule is Cc1cc(F)cc(C(=O)NC(C)CC(=O)O)c1[N+](=O)[O-]. The molecule has 0 fully saturated rings. The topological polar surface area (TPSA) is 110 Å². The van der Waals surface area contributed by atoms with Gasteiger partial charge >= 0.3 is 5.97 Å². The second-order valence-electron chi connectivity index (χ2n) is 4.35. The van der Waals surface area contributed by atoms with Crippen LogP contribution in [-0.2, 0) is 4.79 Å². The van der Waals surface area contributed by atoms with Crippen LogP contribution >= 0.6 is 0 Å². The second-order valence-corrected chi connectivity index (χ2v) is 4.35. The summed E-state index contributed by atoms with van der Waals surface area (Å²) in [6.45, 7) is 2.75. The molecule has 8 heteroatoms. The molecule has 1 amide bonds. The third kappa shape index (κ3) is 3.74. The molecule has 20 heavy (non-hydrogen) atoms. The molecule has 0 heterocycles. The fourth-order valence-corrected chi connectivity index (χ4v) is 1.77. The number of nitrogens with one attached hydrogen (secondary N) is 1. The van der Waals surface area contributed by atoms with E-state index in [1.807, 2.05) is 0 Å². The number of aliphatic carboxylic acids is 1. The van der Waals surface area contributed by atoms with Crippen LogP contribution in [0.2, 0.25) is 0 Å². The van der Waals surface area contributed by atoms with Crippen molar-refractivity contribution in [2.75, 3.05) is 0 Å². The number of aryl methyl sites for hydroxylation is 1. The van der Waals surface area contributed by atoms with Crippen molar-refractivity contribution in [1.82, 2.24) is 5.32 Å². The average molecular weight is 284 g/mol. The van der Waals surface area contributed by atoms with Crippen molar-refractivity contribution in [2.24, 2.45) is 0 Å². The molecule has 1 atom stereocenters. The number of carbonyl (C=O) groups is 2. The highest BCUT2D eigenvalue weighted by atomic mass is 19.1. The Labute approximate surface area is 113 Å². The molecular weight excluding hydrogens is 271 g/mol. The molecule has 1 aromatic rings. The number of hydrogen-bond acceptors (Lipinski definition) is 4. The molecule has 0 aliphatic carbocycles. The summed E-state index contributed by atoms with van der Waals surface area (Å²) in [6.07, 6.45) is -0.339. The van der Waals surface area contributed by atoms with Crippen LogP contribution in [0.1, 0.15) is 29.3 Å². The lowest BCUT2D eigenvalue weighted by Gasteiger charge is -2.12. The number of hydrogen-bond donors (Lipinski definition) is 2. The van der Waals surface area contributed by atoms with Gasteiger partial charge in [0.25, 0.3) is 11.6 Å². The van der Waals surface area contributed by atoms with Crippen LogP contribution in [0.4, 0.5) is 10.1 Å². The van der Waals surface area contributed by atoms with Crippen LogP contribution in [0.5, 0.6) is 0 Å². The Morgan fingerprint density at radius 2 is 2.10 bits per heavy atom. The number of rotatable bonds is 5. The monoisotopic (exact) mass is 284 g/mol. The molecule has 0 spiro atoms. The number of carboxylic acid groups (broad SMARTS) is 1. The Bertz CT molecular complexity index is 573. The Balaban J connectivity index is 3.09. The minimum Gasteiger partial charge on any atom is -0.481 e. The first-order valence-electron chi connectivity index (χ1n) is 5.69. The van der Waals surface area contributed by atoms with Crippen LogP contribution < -0.4 is 5.32 Å². The van der Waals surface area contributed by atoms with E-state index in [1.165, 1.54) is 13.8 Å². The molecule has 1 aromatic carbocycles. The van der Waals surface area contributed by atoms with Gasteiger partial charge in [-0.2, -0.15) is 0 Å². The maximum absolute atomic E-state index is 13.3. The third-order valence-corrected chi connectivity index (χ3v) is 2.55. The fourth-order valence-electron chi connectivity index (χ4n) is 1.77. The van der Waals surface area contributed by atoms with Crippen molar-refractivity contribution in [3.05, 3.63) is 39.2 Å². The van der Waals surface area contributed by atoms with Gasteiger partial charge < -0.3 is 10.4 Å². The summed E-state index contributed by atoms with van der Waals surface area (Å²) in [4.78, 5) is 32.5. The van der Waals surface area contributed by atoms with Crippen molar-refractivity contribution >= 4 is 17.6 Å². The molecule has 0 aromatic heterocycles. The number of amides is 1. The van der Waals surface area contributed by atoms with E-state index in [0.717, 1.165) is 12.1 Å². The van der Waals surface area contributed by atoms with Gasteiger partial charge in [-0.15, -0.1) is 0 Å². The van der Waals surface area contributed by atoms with E-state index < -0.39 is 39.9 Å². The fraction of sp³-hybridized carbons (Fsp3) is 0.333. The van der Waals surface area contributed by atoms with Crippen molar-refractivity contribution in [3.8, 4) is 0 Å². The van der Waals surface area contributed by atoms with Crippen LogP contribution in [0.15, 0.2) is 12.1 Å². The largest absolute Gasteiger partial charge is 0.481 e. The minimum absolute atomic E-state index is 0.0195. The van der Waals surface area contributed by atoms with E-state index in [4.69, 9.17) is 5.11 Å². The molecule has 1 rings (SSSR count). The average Bonchev–Trinajstić information content (AvgIpc) is 2.25. The zero-order valence-electron chi connectivity index (χ0n) is 10.8. The van der Waals surface area contributed by atoms with Gasteiger partial charge in [0.1, 0.15) is 11.4 Å². The first-order valence-corrected chi connectivity index (χ1v) is 5.69. The minimum atomic E-state index is -1.12. The summed E-state index contributed by atoms with van der Waals surface area (Å²) >= 11 is 0. The van der Waals surface area contributed by atoms with E-state index >= 15 is 0 Å². The maximum Gasteiger partial charge on any atom is 0.305 e. The lowest BCUT2D eigenvalue weighted by atomic mass is 10.1. The Morgan fingerprint density at radius 1 is 1.50 bits per heavy atom. The number of nitro groups is 1. The van der Waals surface area contributed by atoms with E-state index in [0.29, 0.717) is 0 Å². The van der Waals surface area contributed by atoms with Crippen LogP contribution in [0.25, 0.3) is 0 Å². The molecule has 0 aliphatic rings. The Hall–Kier alpha value is -2.51. The Morgan fingerprint density at radius 3 is 2.60 bits per heavy atom. The summed E-state index contributed by atoms with van der Waals surface area (Å²) < 4.78 is 13.3. The van der Waals surface area contributed by atoms with E-state index in [1.54, 1.807) is 0 Å². The molecule has 1 unspecified atom stereocenters. The standard InChI is InChI=1S/C12H13FN2O5/c1-6-3-8(13)5-9(11(6)15(19)20)12(18)14-7(2)4-10(16)17/h3,5,7H,4H2,1-2H3,(H,14,18)(H,16,17). The molecule has 2 N–H and O–H groups in total. The summed E-state index contributed by atoms with van der Waals surface area (Å²) in [6, 6.07) is 0.979. The highest BCUT2D eigenvalue weighted by molar-refractivity contribution is 5.99. The van der Waals surface area contributed by atoms with Crippen LogP contribution in [-0.4, -0.2) is 27.9 Å². The van der Waals surface area contributed by atoms with Crippen molar-refractivity contribution < 1.29 is 24.0 Å². The quantitative estimate of drug-likeness (QED) is 0.631. The summed E-state index contributed by atoms with van der Waals surface area (Å²) in [5.74, 6) is -2.78. The zero-order valence-corrected chi connectivity index (χ0v) is 10.8. The van der Waals surface area contributed by atoms with Crippen LogP contribution in [0, 0.1) is 22.9 Å². The number of benzene rings is 1. The van der Waals surface area contributed by atoms with Gasteiger partial charge in [0.2, 0.25) is 0 Å². The Kier molecular flexibility index (Phi) is 4.73. The first-order chi connectivity index (χ1) is 9.22. The predicted octanol–water partition coefficient (Wildman–Crippen LogP) is 1.64. The number of nitrogens with zero attached hydrogens (tertiary/aromatic N) is 1. The van der Waals surface area contributed by atoms with Crippen molar-refractivity contribution in [3.63, 3.8) is 0 Å². The highest BCUT2D eigenvalue weighted by Gasteiger charge is 2.25. The number of carbonyl (C=O) groups excluding carboxylic acids is 1. The summed E-state index contributed by atoms with van der Waals surface area (Å²) in [7, 11) is 0. The normalized spacial score (nSPS) is 11.8. The van der Waals surface area contributed by atoms with E-state index in [-0.39, 0.29) is 12.0 Å². The molecule has 108 valence electrons. The van der Waals surface area contributed by atoms with Gasteiger partial charge in [-0.1, -0.05) is 0 Å².